The van der Waals surface area contributed by atoms with E-state index in [4.69, 9.17) is 10.5 Å². The molecule has 2 rings (SSSR count). The van der Waals surface area contributed by atoms with Gasteiger partial charge in [0, 0.05) is 12.3 Å². The van der Waals surface area contributed by atoms with E-state index in [1.807, 2.05) is 6.07 Å². The molecule has 1 fully saturated rings. The summed E-state index contributed by atoms with van der Waals surface area (Å²) in [5, 5.41) is 3.34. The van der Waals surface area contributed by atoms with Gasteiger partial charge in [0.25, 0.3) is 0 Å². The fourth-order valence-electron chi connectivity index (χ4n) is 1.78. The van der Waals surface area contributed by atoms with Crippen molar-refractivity contribution < 1.29 is 4.74 Å². The zero-order chi connectivity index (χ0) is 10.5. The summed E-state index contributed by atoms with van der Waals surface area (Å²) in [6, 6.07) is 3.61. The molecule has 1 aliphatic heterocycles. The van der Waals surface area contributed by atoms with Gasteiger partial charge in [-0.25, -0.2) is 4.98 Å². The van der Waals surface area contributed by atoms with Crippen LogP contribution in [0.5, 0.6) is 5.75 Å². The van der Waals surface area contributed by atoms with E-state index in [2.05, 4.69) is 10.3 Å². The lowest BCUT2D eigenvalue weighted by molar-refractivity contribution is 0.215. The molecule has 0 aliphatic carbocycles. The molecule has 82 valence electrons. The van der Waals surface area contributed by atoms with Crippen LogP contribution in [0.2, 0.25) is 0 Å². The van der Waals surface area contributed by atoms with E-state index in [9.17, 15) is 0 Å². The van der Waals surface area contributed by atoms with Crippen molar-refractivity contribution in [3.05, 3.63) is 18.3 Å². The van der Waals surface area contributed by atoms with Crippen molar-refractivity contribution in [3.63, 3.8) is 0 Å². The number of hydrogen-bond acceptors (Lipinski definition) is 4. The maximum Gasteiger partial charge on any atom is 0.126 e. The molecule has 4 heteroatoms. The van der Waals surface area contributed by atoms with E-state index >= 15 is 0 Å². The Morgan fingerprint density at radius 3 is 3.00 bits per heavy atom. The van der Waals surface area contributed by atoms with Crippen molar-refractivity contribution in [3.8, 4) is 5.75 Å². The average Bonchev–Trinajstić information content (AvgIpc) is 2.28. The molecule has 15 heavy (non-hydrogen) atoms. The topological polar surface area (TPSA) is 60.2 Å². The highest BCUT2D eigenvalue weighted by molar-refractivity contribution is 5.35. The van der Waals surface area contributed by atoms with Gasteiger partial charge < -0.3 is 15.8 Å². The summed E-state index contributed by atoms with van der Waals surface area (Å²) in [7, 11) is 0. The number of pyridine rings is 1. The first-order chi connectivity index (χ1) is 7.34. The standard InChI is InChI=1S/C11H17N3O/c12-11-7-10(3-6-14-11)15-8-9-1-4-13-5-2-9/h3,6-7,9,13H,1-2,4-5,8H2,(H2,12,14). The summed E-state index contributed by atoms with van der Waals surface area (Å²) in [6.45, 7) is 2.99. The van der Waals surface area contributed by atoms with Crippen LogP contribution in [0.25, 0.3) is 0 Å². The fraction of sp³-hybridized carbons (Fsp3) is 0.545. The molecule has 1 aliphatic rings. The quantitative estimate of drug-likeness (QED) is 0.777. The van der Waals surface area contributed by atoms with Crippen molar-refractivity contribution in [2.75, 3.05) is 25.4 Å². The van der Waals surface area contributed by atoms with Crippen LogP contribution in [-0.2, 0) is 0 Å². The molecular weight excluding hydrogens is 190 g/mol. The third kappa shape index (κ3) is 3.09. The van der Waals surface area contributed by atoms with Crippen LogP contribution in [0.1, 0.15) is 12.8 Å². The molecule has 1 aromatic rings. The third-order valence-corrected chi connectivity index (χ3v) is 2.70. The highest BCUT2D eigenvalue weighted by Crippen LogP contribution is 2.16. The Balaban J connectivity index is 1.81. The summed E-state index contributed by atoms with van der Waals surface area (Å²) in [5.74, 6) is 2.00. The smallest absolute Gasteiger partial charge is 0.126 e. The molecule has 3 N–H and O–H groups in total. The van der Waals surface area contributed by atoms with Crippen molar-refractivity contribution in [1.82, 2.24) is 10.3 Å². The first-order valence-electron chi connectivity index (χ1n) is 5.39. The second kappa shape index (κ2) is 4.98. The minimum absolute atomic E-state index is 0.512. The van der Waals surface area contributed by atoms with E-state index in [0.29, 0.717) is 11.7 Å². The molecule has 0 aromatic carbocycles. The Morgan fingerprint density at radius 1 is 1.47 bits per heavy atom. The lowest BCUT2D eigenvalue weighted by atomic mass is 9.99. The third-order valence-electron chi connectivity index (χ3n) is 2.70. The van der Waals surface area contributed by atoms with Crippen LogP contribution in [-0.4, -0.2) is 24.7 Å². The normalized spacial score (nSPS) is 17.6. The number of aromatic nitrogens is 1. The predicted octanol–water partition coefficient (Wildman–Crippen LogP) is 1.04. The van der Waals surface area contributed by atoms with Gasteiger partial charge in [0.15, 0.2) is 0 Å². The summed E-state index contributed by atoms with van der Waals surface area (Å²) in [6.07, 6.45) is 4.06. The van der Waals surface area contributed by atoms with Crippen molar-refractivity contribution in [2.24, 2.45) is 5.92 Å². The largest absolute Gasteiger partial charge is 0.493 e. The highest BCUT2D eigenvalue weighted by Gasteiger charge is 2.13. The predicted molar refractivity (Wildman–Crippen MR) is 59.7 cm³/mol. The van der Waals surface area contributed by atoms with Crippen LogP contribution in [0.3, 0.4) is 0 Å². The molecule has 1 saturated heterocycles. The molecular formula is C11H17N3O. The maximum absolute atomic E-state index is 5.68. The van der Waals surface area contributed by atoms with Gasteiger partial charge in [-0.15, -0.1) is 0 Å². The Bertz CT molecular complexity index is 310. The molecule has 0 radical (unpaired) electrons. The molecule has 0 bridgehead atoms. The summed E-state index contributed by atoms with van der Waals surface area (Å²) < 4.78 is 5.68. The van der Waals surface area contributed by atoms with Gasteiger partial charge in [-0.2, -0.15) is 0 Å². The first kappa shape index (κ1) is 10.2. The van der Waals surface area contributed by atoms with Gasteiger partial charge in [-0.1, -0.05) is 0 Å². The van der Waals surface area contributed by atoms with Crippen LogP contribution < -0.4 is 15.8 Å². The lowest BCUT2D eigenvalue weighted by Gasteiger charge is -2.22. The summed E-state index contributed by atoms with van der Waals surface area (Å²) in [4.78, 5) is 3.92. The number of nitrogen functional groups attached to an aromatic ring is 1. The molecule has 0 amide bonds. The molecule has 0 saturated carbocycles. The number of anilines is 1. The van der Waals surface area contributed by atoms with Gasteiger partial charge in [0.1, 0.15) is 11.6 Å². The van der Waals surface area contributed by atoms with Gasteiger partial charge >= 0.3 is 0 Å². The zero-order valence-electron chi connectivity index (χ0n) is 8.78. The van der Waals surface area contributed by atoms with Crippen LogP contribution >= 0.6 is 0 Å². The summed E-state index contributed by atoms with van der Waals surface area (Å²) >= 11 is 0. The van der Waals surface area contributed by atoms with Gasteiger partial charge in [0.2, 0.25) is 0 Å². The van der Waals surface area contributed by atoms with Gasteiger partial charge in [-0.3, -0.25) is 0 Å². The molecule has 1 aromatic heterocycles. The van der Waals surface area contributed by atoms with E-state index < -0.39 is 0 Å². The molecule has 0 spiro atoms. The van der Waals surface area contributed by atoms with Crippen molar-refractivity contribution >= 4 is 5.82 Å². The van der Waals surface area contributed by atoms with E-state index in [1.165, 1.54) is 12.8 Å². The van der Waals surface area contributed by atoms with Crippen LogP contribution in [0.15, 0.2) is 18.3 Å². The second-order valence-electron chi connectivity index (χ2n) is 3.92. The summed E-state index contributed by atoms with van der Waals surface area (Å²) in [5.41, 5.74) is 5.57. The SMILES string of the molecule is Nc1cc(OCC2CCNCC2)ccn1. The first-order valence-corrected chi connectivity index (χ1v) is 5.39. The highest BCUT2D eigenvalue weighted by atomic mass is 16.5. The van der Waals surface area contributed by atoms with E-state index in [1.54, 1.807) is 12.3 Å². The Kier molecular flexibility index (Phi) is 3.40. The lowest BCUT2D eigenvalue weighted by Crippen LogP contribution is -2.30. The van der Waals surface area contributed by atoms with E-state index in [0.717, 1.165) is 25.4 Å². The van der Waals surface area contributed by atoms with Gasteiger partial charge in [0.05, 0.1) is 6.61 Å². The van der Waals surface area contributed by atoms with Crippen LogP contribution in [0, 0.1) is 5.92 Å². The number of hydrogen-bond donors (Lipinski definition) is 2. The van der Waals surface area contributed by atoms with Crippen LogP contribution in [0.4, 0.5) is 5.82 Å². The average molecular weight is 207 g/mol. The van der Waals surface area contributed by atoms with Gasteiger partial charge in [-0.05, 0) is 37.9 Å². The van der Waals surface area contributed by atoms with Crippen molar-refractivity contribution in [1.29, 1.82) is 0 Å². The Hall–Kier alpha value is -1.29. The molecule has 0 atom stereocenters. The number of rotatable bonds is 3. The number of nitrogens with two attached hydrogens (primary N) is 1. The monoisotopic (exact) mass is 207 g/mol. The minimum Gasteiger partial charge on any atom is -0.493 e. The fourth-order valence-corrected chi connectivity index (χ4v) is 1.78. The number of nitrogens with one attached hydrogen (secondary N) is 1. The second-order valence-corrected chi connectivity index (χ2v) is 3.92. The molecule has 4 nitrogen and oxygen atoms in total. The van der Waals surface area contributed by atoms with Crippen molar-refractivity contribution in [2.45, 2.75) is 12.8 Å². The number of piperidine rings is 1. The Morgan fingerprint density at radius 2 is 2.27 bits per heavy atom. The number of nitrogens with zero attached hydrogens (tertiary/aromatic N) is 1. The molecule has 2 heterocycles. The maximum atomic E-state index is 5.68. The van der Waals surface area contributed by atoms with E-state index in [-0.39, 0.29) is 0 Å². The Labute approximate surface area is 89.8 Å². The zero-order valence-corrected chi connectivity index (χ0v) is 8.78. The molecule has 0 unspecified atom stereocenters. The number of ether oxygens (including phenoxy) is 1. The minimum atomic E-state index is 0.512.